The molecule has 2 N–H and O–H groups in total. The van der Waals surface area contributed by atoms with Crippen molar-refractivity contribution < 1.29 is 19.0 Å². The lowest BCUT2D eigenvalue weighted by Gasteiger charge is -2.15. The first-order chi connectivity index (χ1) is 14.5. The minimum absolute atomic E-state index is 0.0445. The maximum Gasteiger partial charge on any atom is 0.258 e. The van der Waals surface area contributed by atoms with E-state index in [4.69, 9.17) is 24.9 Å². The minimum atomic E-state index is -0.0445. The summed E-state index contributed by atoms with van der Waals surface area (Å²) in [7, 11) is 4.74. The van der Waals surface area contributed by atoms with Crippen LogP contribution < -0.4 is 19.9 Å². The van der Waals surface area contributed by atoms with Crippen LogP contribution in [0.5, 0.6) is 17.2 Å². The molecule has 30 heavy (non-hydrogen) atoms. The summed E-state index contributed by atoms with van der Waals surface area (Å²) in [5, 5.41) is 0.756. The average molecular weight is 407 g/mol. The maximum atomic E-state index is 12.8. The van der Waals surface area contributed by atoms with E-state index in [0.717, 1.165) is 34.1 Å². The van der Waals surface area contributed by atoms with Crippen molar-refractivity contribution in [2.45, 2.75) is 19.9 Å². The SMILES string of the molecule is CCCN1Cc2nc3c(-c4cc(OC)c(OC)c(OC)c4)cccc3c(N)c2C1=O. The van der Waals surface area contributed by atoms with Gasteiger partial charge >= 0.3 is 0 Å². The Bertz CT molecular complexity index is 1120. The van der Waals surface area contributed by atoms with Crippen LogP contribution >= 0.6 is 0 Å². The van der Waals surface area contributed by atoms with E-state index in [0.29, 0.717) is 41.6 Å². The number of pyridine rings is 1. The van der Waals surface area contributed by atoms with Crippen LogP contribution in [0.1, 0.15) is 29.4 Å². The van der Waals surface area contributed by atoms with Crippen LogP contribution in [0.4, 0.5) is 5.69 Å². The molecular formula is C23H25N3O4. The van der Waals surface area contributed by atoms with E-state index >= 15 is 0 Å². The third-order valence-electron chi connectivity index (χ3n) is 5.44. The van der Waals surface area contributed by atoms with Crippen LogP contribution in [-0.4, -0.2) is 43.7 Å². The number of methoxy groups -OCH3 is 3. The van der Waals surface area contributed by atoms with E-state index in [1.54, 1.807) is 26.2 Å². The predicted molar refractivity (Wildman–Crippen MR) is 116 cm³/mol. The van der Waals surface area contributed by atoms with Gasteiger partial charge in [0.25, 0.3) is 5.91 Å². The third kappa shape index (κ3) is 2.98. The molecule has 1 aliphatic rings. The number of ether oxygens (including phenoxy) is 3. The molecule has 7 heteroatoms. The first kappa shape index (κ1) is 19.8. The Morgan fingerprint density at radius 2 is 1.80 bits per heavy atom. The molecule has 3 aromatic rings. The van der Waals surface area contributed by atoms with Gasteiger partial charge in [-0.05, 0) is 24.1 Å². The molecule has 1 aliphatic heterocycles. The number of carbonyl (C=O) groups is 1. The van der Waals surface area contributed by atoms with Gasteiger partial charge in [0.15, 0.2) is 11.5 Å². The number of para-hydroxylation sites is 1. The minimum Gasteiger partial charge on any atom is -0.493 e. The molecule has 0 fully saturated rings. The average Bonchev–Trinajstić information content (AvgIpc) is 3.08. The fraction of sp³-hybridized carbons (Fsp3) is 0.304. The van der Waals surface area contributed by atoms with Crippen LogP contribution in [0.25, 0.3) is 22.0 Å². The van der Waals surface area contributed by atoms with E-state index in [9.17, 15) is 4.79 Å². The Hall–Kier alpha value is -3.48. The summed E-state index contributed by atoms with van der Waals surface area (Å²) in [6.07, 6.45) is 0.885. The molecule has 0 saturated carbocycles. The van der Waals surface area contributed by atoms with Gasteiger partial charge in [0.2, 0.25) is 5.75 Å². The highest BCUT2D eigenvalue weighted by molar-refractivity contribution is 6.11. The number of aromatic nitrogens is 1. The van der Waals surface area contributed by atoms with Gasteiger partial charge in [-0.15, -0.1) is 0 Å². The number of fused-ring (bicyclic) bond motifs is 2. The molecular weight excluding hydrogens is 382 g/mol. The first-order valence-electron chi connectivity index (χ1n) is 9.84. The van der Waals surface area contributed by atoms with Gasteiger partial charge < -0.3 is 24.8 Å². The molecule has 2 heterocycles. The number of hydrogen-bond donors (Lipinski definition) is 1. The number of nitrogen functional groups attached to an aromatic ring is 1. The van der Waals surface area contributed by atoms with Crippen molar-refractivity contribution in [3.63, 3.8) is 0 Å². The zero-order valence-electron chi connectivity index (χ0n) is 17.6. The Labute approximate surface area is 175 Å². The predicted octanol–water partition coefficient (Wildman–Crippen LogP) is 3.88. The standard InChI is InChI=1S/C23H25N3O4/c1-5-9-26-12-16-19(23(26)27)20(24)15-8-6-7-14(21(15)25-16)13-10-17(28-2)22(30-4)18(11-13)29-3/h6-8,10-11H,5,9,12H2,1-4H3,(H2,24,25). The summed E-state index contributed by atoms with van der Waals surface area (Å²) in [6, 6.07) is 9.55. The van der Waals surface area contributed by atoms with Crippen LogP contribution in [0.15, 0.2) is 30.3 Å². The van der Waals surface area contributed by atoms with Crippen molar-refractivity contribution in [1.82, 2.24) is 9.88 Å². The van der Waals surface area contributed by atoms with Gasteiger partial charge in [-0.2, -0.15) is 0 Å². The molecule has 7 nitrogen and oxygen atoms in total. The molecule has 4 rings (SSSR count). The molecule has 0 spiro atoms. The monoisotopic (exact) mass is 407 g/mol. The second-order valence-corrected chi connectivity index (χ2v) is 7.19. The second-order valence-electron chi connectivity index (χ2n) is 7.19. The fourth-order valence-electron chi connectivity index (χ4n) is 4.05. The van der Waals surface area contributed by atoms with Crippen molar-refractivity contribution in [3.8, 4) is 28.4 Å². The lowest BCUT2D eigenvalue weighted by molar-refractivity contribution is 0.0779. The maximum absolute atomic E-state index is 12.8. The Kier molecular flexibility index (Phi) is 5.11. The van der Waals surface area contributed by atoms with Crippen LogP contribution in [-0.2, 0) is 6.54 Å². The number of nitrogens with zero attached hydrogens (tertiary/aromatic N) is 2. The van der Waals surface area contributed by atoms with Crippen molar-refractivity contribution in [3.05, 3.63) is 41.6 Å². The smallest absolute Gasteiger partial charge is 0.258 e. The summed E-state index contributed by atoms with van der Waals surface area (Å²) in [4.78, 5) is 19.5. The summed E-state index contributed by atoms with van der Waals surface area (Å²) < 4.78 is 16.4. The molecule has 0 unspecified atom stereocenters. The van der Waals surface area contributed by atoms with Gasteiger partial charge in [0, 0.05) is 17.5 Å². The van der Waals surface area contributed by atoms with Gasteiger partial charge in [0.1, 0.15) is 0 Å². The van der Waals surface area contributed by atoms with Crippen molar-refractivity contribution in [2.75, 3.05) is 33.6 Å². The molecule has 0 bridgehead atoms. The Morgan fingerprint density at radius 1 is 1.10 bits per heavy atom. The highest BCUT2D eigenvalue weighted by Crippen LogP contribution is 2.43. The highest BCUT2D eigenvalue weighted by Gasteiger charge is 2.32. The Balaban J connectivity index is 1.94. The lowest BCUT2D eigenvalue weighted by Crippen LogP contribution is -2.24. The van der Waals surface area contributed by atoms with E-state index in [-0.39, 0.29) is 5.91 Å². The van der Waals surface area contributed by atoms with Gasteiger partial charge in [-0.3, -0.25) is 4.79 Å². The van der Waals surface area contributed by atoms with E-state index in [2.05, 4.69) is 0 Å². The van der Waals surface area contributed by atoms with E-state index in [1.165, 1.54) is 0 Å². The normalized spacial score (nSPS) is 12.9. The number of hydrogen-bond acceptors (Lipinski definition) is 6. The van der Waals surface area contributed by atoms with Crippen LogP contribution in [0.2, 0.25) is 0 Å². The third-order valence-corrected chi connectivity index (χ3v) is 5.44. The quantitative estimate of drug-likeness (QED) is 0.667. The van der Waals surface area contributed by atoms with Gasteiger partial charge in [-0.25, -0.2) is 4.98 Å². The van der Waals surface area contributed by atoms with E-state index < -0.39 is 0 Å². The van der Waals surface area contributed by atoms with Gasteiger partial charge in [0.05, 0.1) is 50.3 Å². The highest BCUT2D eigenvalue weighted by atomic mass is 16.5. The lowest BCUT2D eigenvalue weighted by atomic mass is 9.98. The number of rotatable bonds is 6. The molecule has 1 amide bonds. The van der Waals surface area contributed by atoms with Crippen molar-refractivity contribution >= 4 is 22.5 Å². The van der Waals surface area contributed by atoms with Gasteiger partial charge in [-0.1, -0.05) is 25.1 Å². The zero-order chi connectivity index (χ0) is 21.4. The number of nitrogens with two attached hydrogens (primary N) is 1. The molecule has 156 valence electrons. The number of carbonyl (C=O) groups excluding carboxylic acids is 1. The van der Waals surface area contributed by atoms with Crippen molar-refractivity contribution in [2.24, 2.45) is 0 Å². The topological polar surface area (TPSA) is 86.9 Å². The number of amides is 1. The summed E-state index contributed by atoms with van der Waals surface area (Å²) in [5.74, 6) is 1.60. The zero-order valence-corrected chi connectivity index (χ0v) is 17.6. The molecule has 0 saturated heterocycles. The molecule has 2 aromatic carbocycles. The summed E-state index contributed by atoms with van der Waals surface area (Å²) >= 11 is 0. The fourth-order valence-corrected chi connectivity index (χ4v) is 4.05. The molecule has 0 radical (unpaired) electrons. The molecule has 1 aromatic heterocycles. The number of benzene rings is 2. The summed E-state index contributed by atoms with van der Waals surface area (Å²) in [6.45, 7) is 3.21. The first-order valence-corrected chi connectivity index (χ1v) is 9.84. The molecule has 0 atom stereocenters. The molecule has 0 aliphatic carbocycles. The number of anilines is 1. The van der Waals surface area contributed by atoms with Crippen LogP contribution in [0, 0.1) is 0 Å². The summed E-state index contributed by atoms with van der Waals surface area (Å²) in [5.41, 5.74) is 10.7. The second kappa shape index (κ2) is 7.74. The Morgan fingerprint density at radius 3 is 2.40 bits per heavy atom. The largest absolute Gasteiger partial charge is 0.493 e. The van der Waals surface area contributed by atoms with E-state index in [1.807, 2.05) is 37.3 Å². The van der Waals surface area contributed by atoms with Crippen LogP contribution in [0.3, 0.4) is 0 Å². The van der Waals surface area contributed by atoms with Crippen molar-refractivity contribution in [1.29, 1.82) is 0 Å².